The van der Waals surface area contributed by atoms with Gasteiger partial charge in [-0.3, -0.25) is 14.6 Å². The van der Waals surface area contributed by atoms with Crippen molar-refractivity contribution in [2.75, 3.05) is 0 Å². The number of nitrogens with zero attached hydrogens (tertiary/aromatic N) is 1. The lowest BCUT2D eigenvalue weighted by atomic mass is 9.92. The van der Waals surface area contributed by atoms with E-state index in [9.17, 15) is 14.7 Å². The molecule has 1 heterocycles. The fraction of sp³-hybridized carbons (Fsp3) is 0.381. The lowest BCUT2D eigenvalue weighted by molar-refractivity contribution is -0.119. The monoisotopic (exact) mass is 386 g/mol. The van der Waals surface area contributed by atoms with Gasteiger partial charge in [0, 0.05) is 34.7 Å². The van der Waals surface area contributed by atoms with Gasteiger partial charge in [0.25, 0.3) is 5.91 Å². The Morgan fingerprint density at radius 2 is 2.04 bits per heavy atom. The Morgan fingerprint density at radius 3 is 2.74 bits per heavy atom. The van der Waals surface area contributed by atoms with Crippen LogP contribution < -0.4 is 5.32 Å². The Morgan fingerprint density at radius 1 is 1.30 bits per heavy atom. The van der Waals surface area contributed by atoms with Crippen LogP contribution >= 0.6 is 11.6 Å². The molecule has 1 atom stereocenters. The summed E-state index contributed by atoms with van der Waals surface area (Å²) in [5.74, 6) is -0.531. The van der Waals surface area contributed by atoms with E-state index in [1.807, 2.05) is 20.8 Å². The Balaban J connectivity index is 1.78. The zero-order valence-corrected chi connectivity index (χ0v) is 16.4. The van der Waals surface area contributed by atoms with Crippen molar-refractivity contribution in [2.24, 2.45) is 0 Å². The standard InChI is InChI=1S/C21H23ClN2O3/c1-21(2,3)24-20(27)16-10-12(8-9-23-16)11-18(26)14-5-4-13-15(22)6-7-17(25)19(13)14/h6-10,14,25H,4-5,11H2,1-3H3,(H,24,27)/t14-/m0/s1. The van der Waals surface area contributed by atoms with Crippen molar-refractivity contribution in [1.82, 2.24) is 10.3 Å². The number of carbonyl (C=O) groups excluding carboxylic acids is 2. The third-order valence-electron chi connectivity index (χ3n) is 4.62. The molecule has 0 saturated heterocycles. The minimum absolute atomic E-state index is 0.000281. The number of phenolic OH excluding ortho intramolecular Hbond substituents is 1. The Bertz CT molecular complexity index is 903. The van der Waals surface area contributed by atoms with Crippen LogP contribution in [0.2, 0.25) is 5.02 Å². The number of aromatic nitrogens is 1. The number of carbonyl (C=O) groups is 2. The van der Waals surface area contributed by atoms with Crippen LogP contribution in [0, 0.1) is 0 Å². The molecule has 0 radical (unpaired) electrons. The summed E-state index contributed by atoms with van der Waals surface area (Å²) in [7, 11) is 0. The van der Waals surface area contributed by atoms with Gasteiger partial charge >= 0.3 is 0 Å². The van der Waals surface area contributed by atoms with Gasteiger partial charge in [-0.15, -0.1) is 0 Å². The lowest BCUT2D eigenvalue weighted by Gasteiger charge is -2.20. The lowest BCUT2D eigenvalue weighted by Crippen LogP contribution is -2.40. The average molecular weight is 387 g/mol. The molecule has 3 rings (SSSR count). The molecule has 0 fully saturated rings. The molecule has 1 amide bonds. The zero-order chi connectivity index (χ0) is 19.8. The zero-order valence-electron chi connectivity index (χ0n) is 15.7. The van der Waals surface area contributed by atoms with E-state index in [0.29, 0.717) is 23.4 Å². The second-order valence-electron chi connectivity index (χ2n) is 7.95. The minimum atomic E-state index is -0.376. The molecule has 0 saturated carbocycles. The fourth-order valence-corrected chi connectivity index (χ4v) is 3.72. The summed E-state index contributed by atoms with van der Waals surface area (Å²) >= 11 is 6.21. The highest BCUT2D eigenvalue weighted by molar-refractivity contribution is 6.31. The highest BCUT2D eigenvalue weighted by Crippen LogP contribution is 2.43. The maximum atomic E-state index is 12.9. The second-order valence-corrected chi connectivity index (χ2v) is 8.35. The molecule has 1 aromatic heterocycles. The van der Waals surface area contributed by atoms with E-state index in [0.717, 1.165) is 11.1 Å². The summed E-state index contributed by atoms with van der Waals surface area (Å²) in [6.07, 6.45) is 3.02. The SMILES string of the molecule is CC(C)(C)NC(=O)c1cc(CC(=O)[C@@H]2CCc3c(Cl)ccc(O)c32)ccn1. The molecule has 2 N–H and O–H groups in total. The molecule has 0 spiro atoms. The summed E-state index contributed by atoms with van der Waals surface area (Å²) in [6, 6.07) is 6.58. The maximum absolute atomic E-state index is 12.9. The highest BCUT2D eigenvalue weighted by Gasteiger charge is 2.32. The van der Waals surface area contributed by atoms with Gasteiger partial charge in [-0.2, -0.15) is 0 Å². The number of ketones is 1. The van der Waals surface area contributed by atoms with Crippen molar-refractivity contribution >= 4 is 23.3 Å². The Kier molecular flexibility index (Phi) is 5.24. The number of aromatic hydroxyl groups is 1. The fourth-order valence-electron chi connectivity index (χ4n) is 3.46. The topological polar surface area (TPSA) is 79.3 Å². The third kappa shape index (κ3) is 4.30. The molecule has 0 aliphatic heterocycles. The third-order valence-corrected chi connectivity index (χ3v) is 4.98. The first-order valence-electron chi connectivity index (χ1n) is 8.96. The quantitative estimate of drug-likeness (QED) is 0.837. The normalized spacial score (nSPS) is 16.1. The highest BCUT2D eigenvalue weighted by atomic mass is 35.5. The second kappa shape index (κ2) is 7.31. The van der Waals surface area contributed by atoms with Crippen molar-refractivity contribution < 1.29 is 14.7 Å². The smallest absolute Gasteiger partial charge is 0.270 e. The van der Waals surface area contributed by atoms with Crippen LogP contribution in [0.1, 0.15) is 60.3 Å². The molecule has 1 aromatic carbocycles. The summed E-state index contributed by atoms with van der Waals surface area (Å²) < 4.78 is 0. The molecular formula is C21H23ClN2O3. The van der Waals surface area contributed by atoms with Gasteiger partial charge in [0.2, 0.25) is 0 Å². The van der Waals surface area contributed by atoms with Gasteiger partial charge in [-0.05, 0) is 69.0 Å². The molecule has 0 unspecified atom stereocenters. The van der Waals surface area contributed by atoms with Crippen LogP contribution in [0.25, 0.3) is 0 Å². The Labute approximate surface area is 163 Å². The average Bonchev–Trinajstić information content (AvgIpc) is 3.03. The van der Waals surface area contributed by atoms with Gasteiger partial charge in [-0.25, -0.2) is 0 Å². The number of benzene rings is 1. The van der Waals surface area contributed by atoms with Crippen LogP contribution in [0.3, 0.4) is 0 Å². The molecule has 27 heavy (non-hydrogen) atoms. The number of hydrogen-bond acceptors (Lipinski definition) is 4. The summed E-state index contributed by atoms with van der Waals surface area (Å²) in [5.41, 5.74) is 2.15. The van der Waals surface area contributed by atoms with Gasteiger partial charge in [-0.1, -0.05) is 11.6 Å². The number of phenols is 1. The van der Waals surface area contributed by atoms with Gasteiger partial charge in [0.15, 0.2) is 0 Å². The molecule has 1 aliphatic rings. The van der Waals surface area contributed by atoms with Gasteiger partial charge < -0.3 is 10.4 Å². The molecule has 1 aliphatic carbocycles. The first-order valence-corrected chi connectivity index (χ1v) is 9.34. The molecule has 142 valence electrons. The van der Waals surface area contributed by atoms with Gasteiger partial charge in [0.1, 0.15) is 17.2 Å². The molecule has 0 bridgehead atoms. The number of hydrogen-bond donors (Lipinski definition) is 2. The van der Waals surface area contributed by atoms with E-state index < -0.39 is 0 Å². The van der Waals surface area contributed by atoms with Gasteiger partial charge in [0.05, 0.1) is 0 Å². The predicted molar refractivity (Wildman–Crippen MR) is 104 cm³/mol. The Hall–Kier alpha value is -2.40. The van der Waals surface area contributed by atoms with Crippen LogP contribution in [0.5, 0.6) is 5.75 Å². The van der Waals surface area contributed by atoms with Crippen molar-refractivity contribution in [3.05, 3.63) is 57.9 Å². The summed E-state index contributed by atoms with van der Waals surface area (Å²) in [6.45, 7) is 5.69. The van der Waals surface area contributed by atoms with E-state index in [1.54, 1.807) is 18.2 Å². The van der Waals surface area contributed by atoms with Crippen LogP contribution in [0.15, 0.2) is 30.5 Å². The van der Waals surface area contributed by atoms with E-state index in [1.165, 1.54) is 12.3 Å². The molecule has 5 nitrogen and oxygen atoms in total. The van der Waals surface area contributed by atoms with Crippen molar-refractivity contribution in [2.45, 2.75) is 51.5 Å². The summed E-state index contributed by atoms with van der Waals surface area (Å²) in [5, 5.41) is 13.6. The van der Waals surface area contributed by atoms with E-state index in [-0.39, 0.29) is 41.0 Å². The van der Waals surface area contributed by atoms with Crippen LogP contribution in [0.4, 0.5) is 0 Å². The van der Waals surface area contributed by atoms with Crippen LogP contribution in [-0.4, -0.2) is 27.3 Å². The van der Waals surface area contributed by atoms with Crippen molar-refractivity contribution in [1.29, 1.82) is 0 Å². The van der Waals surface area contributed by atoms with Crippen molar-refractivity contribution in [3.63, 3.8) is 0 Å². The van der Waals surface area contributed by atoms with Crippen molar-refractivity contribution in [3.8, 4) is 5.75 Å². The number of pyridine rings is 1. The molecule has 2 aromatic rings. The summed E-state index contributed by atoms with van der Waals surface area (Å²) in [4.78, 5) is 29.3. The number of rotatable bonds is 4. The number of amides is 1. The minimum Gasteiger partial charge on any atom is -0.508 e. The number of Topliss-reactive ketones (excluding diaryl/α,β-unsaturated/α-hetero) is 1. The largest absolute Gasteiger partial charge is 0.508 e. The number of halogens is 1. The maximum Gasteiger partial charge on any atom is 0.270 e. The first-order chi connectivity index (χ1) is 12.7. The van der Waals surface area contributed by atoms with E-state index in [2.05, 4.69) is 10.3 Å². The first kappa shape index (κ1) is 19.4. The predicted octanol–water partition coefficient (Wildman–Crippen LogP) is 3.81. The van der Waals surface area contributed by atoms with E-state index >= 15 is 0 Å². The molecular weight excluding hydrogens is 364 g/mol. The molecule has 6 heteroatoms. The van der Waals surface area contributed by atoms with E-state index in [4.69, 9.17) is 11.6 Å². The van der Waals surface area contributed by atoms with Crippen LogP contribution in [-0.2, 0) is 17.6 Å². The number of fused-ring (bicyclic) bond motifs is 1. The number of nitrogens with one attached hydrogen (secondary N) is 1.